The molecule has 1 aliphatic heterocycles. The van der Waals surface area contributed by atoms with E-state index in [1.165, 1.54) is 4.90 Å². The van der Waals surface area contributed by atoms with Gasteiger partial charge in [0, 0.05) is 19.5 Å². The first-order valence-electron chi connectivity index (χ1n) is 6.33. The molecule has 2 N–H and O–H groups in total. The lowest BCUT2D eigenvalue weighted by Gasteiger charge is -2.28. The Kier molecular flexibility index (Phi) is 3.84. The Morgan fingerprint density at radius 2 is 2.06 bits per heavy atom. The maximum atomic E-state index is 12.2. The summed E-state index contributed by atoms with van der Waals surface area (Å²) in [5.74, 6) is -0.952. The Labute approximate surface area is 105 Å². The average molecular weight is 254 g/mol. The molecular formula is C12H18N2O4. The molecule has 2 amide bonds. The molecule has 1 saturated carbocycles. The number of hydrogen-bond donors (Lipinski definition) is 2. The summed E-state index contributed by atoms with van der Waals surface area (Å²) >= 11 is 0. The second kappa shape index (κ2) is 5.37. The number of carbonyl (C=O) groups excluding carboxylic acids is 2. The zero-order valence-corrected chi connectivity index (χ0v) is 10.2. The van der Waals surface area contributed by atoms with E-state index in [1.807, 2.05) is 0 Å². The van der Waals surface area contributed by atoms with E-state index in [0.717, 1.165) is 12.8 Å². The minimum atomic E-state index is -0.983. The lowest BCUT2D eigenvalue weighted by Crippen LogP contribution is -2.47. The minimum absolute atomic E-state index is 0.0361. The molecule has 18 heavy (non-hydrogen) atoms. The molecule has 0 bridgehead atoms. The molecular weight excluding hydrogens is 236 g/mol. The van der Waals surface area contributed by atoms with Crippen LogP contribution in [0.25, 0.3) is 0 Å². The monoisotopic (exact) mass is 254 g/mol. The smallest absolute Gasteiger partial charge is 0.323 e. The highest BCUT2D eigenvalue weighted by atomic mass is 16.4. The molecule has 100 valence electrons. The number of piperidine rings is 1. The Bertz CT molecular complexity index is 355. The molecule has 2 rings (SSSR count). The molecule has 1 atom stereocenters. The zero-order valence-electron chi connectivity index (χ0n) is 10.2. The van der Waals surface area contributed by atoms with Crippen LogP contribution in [0.5, 0.6) is 0 Å². The Balaban J connectivity index is 1.92. The van der Waals surface area contributed by atoms with Crippen LogP contribution in [0.2, 0.25) is 0 Å². The van der Waals surface area contributed by atoms with Gasteiger partial charge in [0.1, 0.15) is 6.54 Å². The van der Waals surface area contributed by atoms with E-state index in [-0.39, 0.29) is 24.3 Å². The largest absolute Gasteiger partial charge is 0.480 e. The van der Waals surface area contributed by atoms with Gasteiger partial charge in [0.25, 0.3) is 0 Å². The van der Waals surface area contributed by atoms with Crippen molar-refractivity contribution in [2.45, 2.75) is 25.7 Å². The first-order chi connectivity index (χ1) is 8.56. The van der Waals surface area contributed by atoms with Crippen LogP contribution >= 0.6 is 0 Å². The van der Waals surface area contributed by atoms with Crippen molar-refractivity contribution in [2.24, 2.45) is 11.8 Å². The number of rotatable bonds is 5. The van der Waals surface area contributed by atoms with E-state index in [2.05, 4.69) is 5.32 Å². The van der Waals surface area contributed by atoms with Gasteiger partial charge < -0.3 is 15.3 Å². The highest BCUT2D eigenvalue weighted by Gasteiger charge is 2.33. The third-order valence-corrected chi connectivity index (χ3v) is 3.43. The summed E-state index contributed by atoms with van der Waals surface area (Å²) in [6.07, 6.45) is 3.02. The summed E-state index contributed by atoms with van der Waals surface area (Å²) in [6, 6.07) is 0. The van der Waals surface area contributed by atoms with Crippen molar-refractivity contribution in [3.8, 4) is 0 Å². The number of amides is 2. The number of aliphatic carboxylic acids is 1. The molecule has 0 aromatic heterocycles. The molecule has 1 unspecified atom stereocenters. The number of hydrogen-bond acceptors (Lipinski definition) is 3. The van der Waals surface area contributed by atoms with E-state index in [1.54, 1.807) is 0 Å². The van der Waals surface area contributed by atoms with Gasteiger partial charge in [-0.25, -0.2) is 0 Å². The molecule has 2 fully saturated rings. The minimum Gasteiger partial charge on any atom is -0.480 e. The quantitative estimate of drug-likeness (QED) is 0.713. The van der Waals surface area contributed by atoms with Gasteiger partial charge in [-0.3, -0.25) is 14.4 Å². The van der Waals surface area contributed by atoms with Crippen LogP contribution in [0.15, 0.2) is 0 Å². The van der Waals surface area contributed by atoms with Gasteiger partial charge in [-0.1, -0.05) is 0 Å². The van der Waals surface area contributed by atoms with E-state index in [0.29, 0.717) is 31.8 Å². The number of carbonyl (C=O) groups is 3. The molecule has 6 heteroatoms. The average Bonchev–Trinajstić information content (AvgIpc) is 3.12. The summed E-state index contributed by atoms with van der Waals surface area (Å²) < 4.78 is 0. The number of nitrogens with zero attached hydrogens (tertiary/aromatic N) is 1. The van der Waals surface area contributed by atoms with Crippen molar-refractivity contribution in [2.75, 3.05) is 19.6 Å². The van der Waals surface area contributed by atoms with E-state index in [4.69, 9.17) is 5.11 Å². The van der Waals surface area contributed by atoms with Gasteiger partial charge >= 0.3 is 5.97 Å². The number of carboxylic acid groups (broad SMARTS) is 1. The van der Waals surface area contributed by atoms with Crippen LogP contribution in [0.1, 0.15) is 25.7 Å². The van der Waals surface area contributed by atoms with Crippen LogP contribution in [0.4, 0.5) is 0 Å². The molecule has 2 aliphatic rings. The normalized spacial score (nSPS) is 23.3. The van der Waals surface area contributed by atoms with Gasteiger partial charge in [-0.2, -0.15) is 0 Å². The van der Waals surface area contributed by atoms with Crippen LogP contribution in [0, 0.1) is 11.8 Å². The lowest BCUT2D eigenvalue weighted by atomic mass is 9.97. The first-order valence-corrected chi connectivity index (χ1v) is 6.33. The summed E-state index contributed by atoms with van der Waals surface area (Å²) in [6.45, 7) is 0.633. The number of nitrogens with one attached hydrogen (secondary N) is 1. The molecule has 1 saturated heterocycles. The summed E-state index contributed by atoms with van der Waals surface area (Å²) in [4.78, 5) is 35.5. The van der Waals surface area contributed by atoms with Gasteiger partial charge in [0.2, 0.25) is 11.8 Å². The third kappa shape index (κ3) is 3.45. The summed E-state index contributed by atoms with van der Waals surface area (Å²) in [5.41, 5.74) is 0. The molecule has 6 nitrogen and oxygen atoms in total. The van der Waals surface area contributed by atoms with E-state index in [9.17, 15) is 14.4 Å². The van der Waals surface area contributed by atoms with Gasteiger partial charge in [0.15, 0.2) is 0 Å². The van der Waals surface area contributed by atoms with Crippen molar-refractivity contribution in [1.29, 1.82) is 0 Å². The van der Waals surface area contributed by atoms with Crippen molar-refractivity contribution < 1.29 is 19.5 Å². The fraction of sp³-hybridized carbons (Fsp3) is 0.750. The van der Waals surface area contributed by atoms with Crippen molar-refractivity contribution >= 4 is 17.8 Å². The maximum Gasteiger partial charge on any atom is 0.323 e. The van der Waals surface area contributed by atoms with Gasteiger partial charge in [-0.15, -0.1) is 0 Å². The molecule has 0 spiro atoms. The van der Waals surface area contributed by atoms with Crippen LogP contribution in [-0.2, 0) is 14.4 Å². The summed E-state index contributed by atoms with van der Waals surface area (Å²) in [7, 11) is 0. The second-order valence-corrected chi connectivity index (χ2v) is 5.10. The predicted molar refractivity (Wildman–Crippen MR) is 62.7 cm³/mol. The Morgan fingerprint density at radius 1 is 1.33 bits per heavy atom. The van der Waals surface area contributed by atoms with Crippen LogP contribution in [0.3, 0.4) is 0 Å². The number of carboxylic acids is 1. The Hall–Kier alpha value is -1.59. The van der Waals surface area contributed by atoms with Crippen molar-refractivity contribution in [3.05, 3.63) is 0 Å². The van der Waals surface area contributed by atoms with E-state index < -0.39 is 5.97 Å². The van der Waals surface area contributed by atoms with Gasteiger partial charge in [0.05, 0.1) is 5.92 Å². The predicted octanol–water partition coefficient (Wildman–Crippen LogP) is -0.164. The third-order valence-electron chi connectivity index (χ3n) is 3.43. The fourth-order valence-electron chi connectivity index (χ4n) is 2.21. The first kappa shape index (κ1) is 12.9. The van der Waals surface area contributed by atoms with Crippen molar-refractivity contribution in [3.63, 3.8) is 0 Å². The molecule has 0 aromatic carbocycles. The maximum absolute atomic E-state index is 12.2. The standard InChI is InChI=1S/C12H18N2O4/c15-10-4-3-9(5-13-10)12(18)14(7-11(16)17)6-8-1-2-8/h8-9H,1-7H2,(H,13,15)(H,16,17). The highest BCUT2D eigenvalue weighted by molar-refractivity contribution is 5.86. The summed E-state index contributed by atoms with van der Waals surface area (Å²) in [5, 5.41) is 11.5. The highest BCUT2D eigenvalue weighted by Crippen LogP contribution is 2.30. The molecule has 0 aromatic rings. The topological polar surface area (TPSA) is 86.7 Å². The van der Waals surface area contributed by atoms with Crippen molar-refractivity contribution in [1.82, 2.24) is 10.2 Å². The molecule has 1 heterocycles. The van der Waals surface area contributed by atoms with Crippen LogP contribution in [-0.4, -0.2) is 47.4 Å². The SMILES string of the molecule is O=C(O)CN(CC1CC1)C(=O)C1CCC(=O)NC1. The fourth-order valence-corrected chi connectivity index (χ4v) is 2.21. The second-order valence-electron chi connectivity index (χ2n) is 5.10. The van der Waals surface area contributed by atoms with E-state index >= 15 is 0 Å². The van der Waals surface area contributed by atoms with Crippen LogP contribution < -0.4 is 5.32 Å². The Morgan fingerprint density at radius 3 is 2.56 bits per heavy atom. The molecule has 0 radical (unpaired) electrons. The zero-order chi connectivity index (χ0) is 13.1. The molecule has 1 aliphatic carbocycles. The lowest BCUT2D eigenvalue weighted by molar-refractivity contribution is -0.147. The van der Waals surface area contributed by atoms with Gasteiger partial charge in [-0.05, 0) is 25.2 Å².